The van der Waals surface area contributed by atoms with E-state index >= 15 is 0 Å². The van der Waals surface area contributed by atoms with Gasteiger partial charge in [-0.2, -0.15) is 11.8 Å². The van der Waals surface area contributed by atoms with Gasteiger partial charge in [0.05, 0.1) is 22.3 Å². The molecule has 0 fully saturated rings. The molecule has 0 radical (unpaired) electrons. The second-order valence-corrected chi connectivity index (χ2v) is 6.80. The largest absolute Gasteiger partial charge is 0.329 e. The number of nitrogens with zero attached hydrogens (tertiary/aromatic N) is 2. The number of thioether (sulfide) groups is 1. The van der Waals surface area contributed by atoms with Crippen LogP contribution in [0.5, 0.6) is 0 Å². The highest BCUT2D eigenvalue weighted by molar-refractivity contribution is 7.99. The van der Waals surface area contributed by atoms with Gasteiger partial charge < -0.3 is 9.55 Å². The van der Waals surface area contributed by atoms with E-state index in [2.05, 4.69) is 30.1 Å². The Morgan fingerprint density at radius 1 is 1.53 bits per heavy atom. The van der Waals surface area contributed by atoms with Crippen LogP contribution in [0.25, 0.3) is 11.0 Å². The first-order chi connectivity index (χ1) is 7.94. The van der Waals surface area contributed by atoms with Crippen molar-refractivity contribution < 1.29 is 0 Å². The summed E-state index contributed by atoms with van der Waals surface area (Å²) in [6.07, 6.45) is 5.50. The molecule has 0 aliphatic carbocycles. The molecule has 0 saturated carbocycles. The lowest BCUT2D eigenvalue weighted by molar-refractivity contribution is 0.575. The maximum atomic E-state index is 6.19. The number of imidazole rings is 1. The molecular formula is C11H14ClN3S2. The molecule has 6 heteroatoms. The molecule has 2 aromatic heterocycles. The standard InChI is InChI=1S/C11H14ClN3S2/c1-11(2,17-3)6-15-9-7(12)4-13-5-8(9)14-10(15)16/h4-5H,6H2,1-3H3,(H,14,16). The highest BCUT2D eigenvalue weighted by atomic mass is 35.5. The van der Waals surface area contributed by atoms with Crippen LogP contribution in [-0.2, 0) is 6.54 Å². The number of nitrogens with one attached hydrogen (secondary N) is 1. The maximum Gasteiger partial charge on any atom is 0.178 e. The van der Waals surface area contributed by atoms with Gasteiger partial charge >= 0.3 is 0 Å². The zero-order valence-electron chi connectivity index (χ0n) is 9.95. The Bertz CT molecular complexity index is 600. The average Bonchev–Trinajstić information content (AvgIpc) is 2.56. The second-order valence-electron chi connectivity index (χ2n) is 4.50. The van der Waals surface area contributed by atoms with Crippen molar-refractivity contribution in [3.05, 3.63) is 22.2 Å². The van der Waals surface area contributed by atoms with Crippen molar-refractivity contribution in [2.24, 2.45) is 0 Å². The third kappa shape index (κ3) is 2.51. The lowest BCUT2D eigenvalue weighted by atomic mass is 10.2. The average molecular weight is 288 g/mol. The molecule has 0 saturated heterocycles. The Kier molecular flexibility index (Phi) is 3.52. The monoisotopic (exact) mass is 287 g/mol. The van der Waals surface area contributed by atoms with Gasteiger partial charge in [-0.15, -0.1) is 0 Å². The summed E-state index contributed by atoms with van der Waals surface area (Å²) in [7, 11) is 0. The molecule has 0 aliphatic heterocycles. The fraction of sp³-hybridized carbons (Fsp3) is 0.455. The van der Waals surface area contributed by atoms with E-state index in [4.69, 9.17) is 23.8 Å². The first-order valence-corrected chi connectivity index (χ1v) is 7.23. The Morgan fingerprint density at radius 2 is 2.24 bits per heavy atom. The van der Waals surface area contributed by atoms with Gasteiger partial charge in [0, 0.05) is 17.5 Å². The van der Waals surface area contributed by atoms with E-state index in [0.717, 1.165) is 17.6 Å². The third-order valence-electron chi connectivity index (χ3n) is 2.72. The lowest BCUT2D eigenvalue weighted by Gasteiger charge is -2.22. The molecule has 3 nitrogen and oxygen atoms in total. The van der Waals surface area contributed by atoms with E-state index < -0.39 is 0 Å². The van der Waals surface area contributed by atoms with Gasteiger partial charge in [-0.05, 0) is 32.3 Å². The van der Waals surface area contributed by atoms with Crippen LogP contribution >= 0.6 is 35.6 Å². The van der Waals surface area contributed by atoms with Crippen LogP contribution < -0.4 is 0 Å². The van der Waals surface area contributed by atoms with E-state index in [1.54, 1.807) is 12.4 Å². The molecule has 92 valence electrons. The first-order valence-electron chi connectivity index (χ1n) is 5.22. The third-order valence-corrected chi connectivity index (χ3v) is 4.55. The minimum absolute atomic E-state index is 0.111. The number of hydrogen-bond donors (Lipinski definition) is 1. The highest BCUT2D eigenvalue weighted by Crippen LogP contribution is 2.28. The maximum absolute atomic E-state index is 6.19. The van der Waals surface area contributed by atoms with Crippen LogP contribution in [0.2, 0.25) is 5.02 Å². The van der Waals surface area contributed by atoms with Crippen LogP contribution in [0, 0.1) is 4.77 Å². The van der Waals surface area contributed by atoms with Crippen molar-refractivity contribution >= 4 is 46.6 Å². The van der Waals surface area contributed by atoms with E-state index in [0.29, 0.717) is 9.79 Å². The molecule has 17 heavy (non-hydrogen) atoms. The van der Waals surface area contributed by atoms with E-state index in [9.17, 15) is 0 Å². The van der Waals surface area contributed by atoms with Crippen LogP contribution in [0.1, 0.15) is 13.8 Å². The highest BCUT2D eigenvalue weighted by Gasteiger charge is 2.19. The summed E-state index contributed by atoms with van der Waals surface area (Å²) in [5, 5.41) is 0.631. The number of hydrogen-bond acceptors (Lipinski definition) is 3. The van der Waals surface area contributed by atoms with E-state index in [1.165, 1.54) is 0 Å². The fourth-order valence-electron chi connectivity index (χ4n) is 1.67. The van der Waals surface area contributed by atoms with Crippen LogP contribution in [0.3, 0.4) is 0 Å². The van der Waals surface area contributed by atoms with Gasteiger partial charge in [-0.3, -0.25) is 4.98 Å². The van der Waals surface area contributed by atoms with Crippen LogP contribution in [0.15, 0.2) is 12.4 Å². The summed E-state index contributed by atoms with van der Waals surface area (Å²) in [6.45, 7) is 5.19. The van der Waals surface area contributed by atoms with Crippen molar-refractivity contribution in [3.63, 3.8) is 0 Å². The number of aromatic amines is 1. The molecule has 1 N–H and O–H groups in total. The molecule has 2 rings (SSSR count). The Labute approximate surface area is 115 Å². The zero-order valence-corrected chi connectivity index (χ0v) is 12.3. The summed E-state index contributed by atoms with van der Waals surface area (Å²) in [4.78, 5) is 7.19. The van der Waals surface area contributed by atoms with Gasteiger partial charge in [0.2, 0.25) is 0 Å². The molecule has 0 unspecified atom stereocenters. The molecule has 0 aliphatic rings. The van der Waals surface area contributed by atoms with Crippen LogP contribution in [0.4, 0.5) is 0 Å². The zero-order chi connectivity index (χ0) is 12.6. The minimum atomic E-state index is 0.111. The number of H-pyrrole nitrogens is 1. The molecule has 0 atom stereocenters. The second kappa shape index (κ2) is 4.63. The molecule has 0 amide bonds. The Morgan fingerprint density at radius 3 is 2.88 bits per heavy atom. The summed E-state index contributed by atoms with van der Waals surface area (Å²) in [5.41, 5.74) is 1.83. The van der Waals surface area contributed by atoms with Gasteiger partial charge in [0.15, 0.2) is 4.77 Å². The number of rotatable bonds is 3. The van der Waals surface area contributed by atoms with Gasteiger partial charge in [-0.1, -0.05) is 11.6 Å². The quantitative estimate of drug-likeness (QED) is 0.870. The molecule has 0 bridgehead atoms. The van der Waals surface area contributed by atoms with Crippen molar-refractivity contribution in [3.8, 4) is 0 Å². The van der Waals surface area contributed by atoms with E-state index in [1.807, 2.05) is 16.3 Å². The minimum Gasteiger partial charge on any atom is -0.329 e. The fourth-order valence-corrected chi connectivity index (χ4v) is 2.46. The SMILES string of the molecule is CSC(C)(C)Cn1c(=S)[nH]c2cncc(Cl)c21. The molecule has 0 spiro atoms. The van der Waals surface area contributed by atoms with Gasteiger partial charge in [-0.25, -0.2) is 0 Å². The summed E-state index contributed by atoms with van der Waals surface area (Å²) in [5.74, 6) is 0. The predicted molar refractivity (Wildman–Crippen MR) is 77.5 cm³/mol. The molecular weight excluding hydrogens is 274 g/mol. The van der Waals surface area contributed by atoms with Crippen molar-refractivity contribution in [2.75, 3.05) is 6.26 Å². The summed E-state index contributed by atoms with van der Waals surface area (Å²) in [6, 6.07) is 0. The molecule has 2 heterocycles. The van der Waals surface area contributed by atoms with Crippen molar-refractivity contribution in [1.82, 2.24) is 14.5 Å². The lowest BCUT2D eigenvalue weighted by Crippen LogP contribution is -2.22. The summed E-state index contributed by atoms with van der Waals surface area (Å²) < 4.78 is 2.85. The smallest absolute Gasteiger partial charge is 0.178 e. The number of fused-ring (bicyclic) bond motifs is 1. The Hall–Kier alpha value is -0.520. The number of aromatic nitrogens is 3. The van der Waals surface area contributed by atoms with Crippen molar-refractivity contribution in [1.29, 1.82) is 0 Å². The normalized spacial score (nSPS) is 12.2. The van der Waals surface area contributed by atoms with Gasteiger partial charge in [0.25, 0.3) is 0 Å². The first kappa shape index (κ1) is 12.9. The van der Waals surface area contributed by atoms with Crippen molar-refractivity contribution in [2.45, 2.75) is 25.1 Å². The van der Waals surface area contributed by atoms with E-state index in [-0.39, 0.29) is 4.75 Å². The number of halogens is 1. The Balaban J connectivity index is 2.61. The number of pyridine rings is 1. The predicted octanol–water partition coefficient (Wildman–Crippen LogP) is 3.89. The molecule has 0 aromatic carbocycles. The topological polar surface area (TPSA) is 33.6 Å². The van der Waals surface area contributed by atoms with Crippen LogP contribution in [-0.4, -0.2) is 25.5 Å². The van der Waals surface area contributed by atoms with Gasteiger partial charge in [0.1, 0.15) is 0 Å². The molecule has 2 aromatic rings. The summed E-state index contributed by atoms with van der Waals surface area (Å²) >= 11 is 13.3.